The lowest BCUT2D eigenvalue weighted by Gasteiger charge is -2.22. The van der Waals surface area contributed by atoms with Gasteiger partial charge in [0.15, 0.2) is 5.82 Å². The summed E-state index contributed by atoms with van der Waals surface area (Å²) in [6.45, 7) is 4.19. The van der Waals surface area contributed by atoms with Gasteiger partial charge in [0.05, 0.1) is 12.0 Å². The molecule has 3 heterocycles. The number of rotatable bonds is 0. The summed E-state index contributed by atoms with van der Waals surface area (Å²) in [6, 6.07) is 0. The van der Waals surface area contributed by atoms with Crippen LogP contribution in [0.1, 0.15) is 5.69 Å². The molecule has 1 N–H and O–H groups in total. The zero-order chi connectivity index (χ0) is 10.6. The Bertz CT molecular complexity index is 513. The second kappa shape index (κ2) is 2.47. The average Bonchev–Trinajstić information content (AvgIpc) is 2.72. The van der Waals surface area contributed by atoms with Gasteiger partial charge in [-0.05, 0) is 0 Å². The van der Waals surface area contributed by atoms with Gasteiger partial charge in [0.1, 0.15) is 12.2 Å². The Morgan fingerprint density at radius 2 is 2.40 bits per heavy atom. The van der Waals surface area contributed by atoms with Crippen molar-refractivity contribution in [2.75, 3.05) is 6.54 Å². The van der Waals surface area contributed by atoms with Crippen molar-refractivity contribution in [3.8, 4) is 0 Å². The maximum absolute atomic E-state index is 11.2. The number of carbonyl (C=O) groups excluding carboxylic acids is 1. The largest absolute Gasteiger partial charge is 0.318 e. The van der Waals surface area contributed by atoms with E-state index in [1.54, 1.807) is 15.8 Å². The molecule has 0 unspecified atom stereocenters. The Balaban J connectivity index is 2.19. The van der Waals surface area contributed by atoms with Crippen LogP contribution in [0, 0.1) is 0 Å². The first-order valence-corrected chi connectivity index (χ1v) is 4.53. The molecule has 6 nitrogen and oxygen atoms in total. The number of nitrogens with zero attached hydrogens (tertiary/aromatic N) is 4. The molecule has 0 bridgehead atoms. The van der Waals surface area contributed by atoms with Crippen molar-refractivity contribution in [1.29, 1.82) is 0 Å². The van der Waals surface area contributed by atoms with E-state index in [1.165, 1.54) is 0 Å². The normalized spacial score (nSPS) is 18.5. The highest BCUT2D eigenvalue weighted by molar-refractivity contribution is 6.10. The van der Waals surface area contributed by atoms with Crippen LogP contribution in [0.15, 0.2) is 17.9 Å². The van der Waals surface area contributed by atoms with Crippen LogP contribution in [0.3, 0.4) is 0 Å². The number of aryl methyl sites for hydroxylation is 1. The number of hydrogen-bond donors (Lipinski definition) is 1. The van der Waals surface area contributed by atoms with Gasteiger partial charge in [0.25, 0.3) is 0 Å². The number of carbonyl (C=O) groups is 1. The summed E-state index contributed by atoms with van der Waals surface area (Å²) in [4.78, 5) is 21.5. The average molecular weight is 203 g/mol. The zero-order valence-electron chi connectivity index (χ0n) is 8.19. The number of fused-ring (bicyclic) bond motifs is 2. The molecule has 0 saturated carbocycles. The Labute approximate surface area is 85.9 Å². The van der Waals surface area contributed by atoms with Gasteiger partial charge in [-0.1, -0.05) is 6.58 Å². The van der Waals surface area contributed by atoms with Gasteiger partial charge >= 0.3 is 0 Å². The molecule has 3 rings (SSSR count). The fourth-order valence-electron chi connectivity index (χ4n) is 1.75. The fourth-order valence-corrected chi connectivity index (χ4v) is 1.75. The van der Waals surface area contributed by atoms with Crippen LogP contribution in [0.25, 0.3) is 5.70 Å². The lowest BCUT2D eigenvalue weighted by atomic mass is 10.3. The fraction of sp³-hybridized carbons (Fsp3) is 0.222. The summed E-state index contributed by atoms with van der Waals surface area (Å²) in [6.07, 6.45) is 1.68. The molecule has 0 aliphatic carbocycles. The van der Waals surface area contributed by atoms with Gasteiger partial charge in [-0.3, -0.25) is 10.1 Å². The molecule has 0 radical (unpaired) electrons. The van der Waals surface area contributed by atoms with Crippen molar-refractivity contribution in [1.82, 2.24) is 19.8 Å². The van der Waals surface area contributed by atoms with Gasteiger partial charge in [-0.2, -0.15) is 4.99 Å². The lowest BCUT2D eigenvalue weighted by Crippen LogP contribution is -2.31. The first-order chi connectivity index (χ1) is 7.16. The molecule has 2 aliphatic rings. The minimum absolute atomic E-state index is 0.0669. The van der Waals surface area contributed by atoms with E-state index in [0.29, 0.717) is 11.7 Å². The predicted molar refractivity (Wildman–Crippen MR) is 54.2 cm³/mol. The molecule has 0 atom stereocenters. The topological polar surface area (TPSA) is 62.5 Å². The molecule has 76 valence electrons. The molecule has 1 aromatic rings. The number of aromatic nitrogens is 2. The van der Waals surface area contributed by atoms with E-state index in [2.05, 4.69) is 21.9 Å². The third-order valence-electron chi connectivity index (χ3n) is 2.53. The number of imidazole rings is 1. The van der Waals surface area contributed by atoms with Crippen molar-refractivity contribution in [2.24, 2.45) is 12.0 Å². The number of guanidine groups is 1. The molecule has 1 fully saturated rings. The van der Waals surface area contributed by atoms with E-state index in [9.17, 15) is 4.79 Å². The van der Waals surface area contributed by atoms with Crippen molar-refractivity contribution in [2.45, 2.75) is 0 Å². The molecular formula is C9H9N5O. The van der Waals surface area contributed by atoms with E-state index < -0.39 is 0 Å². The Kier molecular flexibility index (Phi) is 1.35. The lowest BCUT2D eigenvalue weighted by molar-refractivity contribution is -0.118. The van der Waals surface area contributed by atoms with Gasteiger partial charge in [0.2, 0.25) is 11.9 Å². The van der Waals surface area contributed by atoms with Crippen LogP contribution in [0.2, 0.25) is 0 Å². The first-order valence-electron chi connectivity index (χ1n) is 4.53. The number of nitrogens with one attached hydrogen (secondary N) is 1. The molecule has 15 heavy (non-hydrogen) atoms. The highest BCUT2D eigenvalue weighted by atomic mass is 16.2. The maximum atomic E-state index is 11.2. The van der Waals surface area contributed by atoms with Crippen LogP contribution in [0.4, 0.5) is 5.82 Å². The van der Waals surface area contributed by atoms with E-state index in [-0.39, 0.29) is 12.5 Å². The smallest absolute Gasteiger partial charge is 0.246 e. The molecule has 1 saturated heterocycles. The quantitative estimate of drug-likeness (QED) is 0.636. The number of aliphatic imine (C=N–C) groups is 1. The number of amides is 1. The predicted octanol–water partition coefficient (Wildman–Crippen LogP) is -0.176. The molecular weight excluding hydrogens is 194 g/mol. The van der Waals surface area contributed by atoms with Crippen molar-refractivity contribution in [3.05, 3.63) is 18.6 Å². The van der Waals surface area contributed by atoms with Crippen LogP contribution < -0.4 is 5.32 Å². The SMILES string of the molecule is C=C1c2ncn(C)c2N=C2NC(=O)CN12. The van der Waals surface area contributed by atoms with Crippen LogP contribution in [-0.2, 0) is 11.8 Å². The molecule has 1 amide bonds. The van der Waals surface area contributed by atoms with Crippen molar-refractivity contribution >= 4 is 23.4 Å². The first kappa shape index (κ1) is 8.22. The van der Waals surface area contributed by atoms with Gasteiger partial charge in [0, 0.05) is 7.05 Å². The summed E-state index contributed by atoms with van der Waals surface area (Å²) >= 11 is 0. The van der Waals surface area contributed by atoms with Gasteiger partial charge in [-0.15, -0.1) is 0 Å². The second-order valence-corrected chi connectivity index (χ2v) is 3.54. The third-order valence-corrected chi connectivity index (χ3v) is 2.53. The molecule has 0 spiro atoms. The van der Waals surface area contributed by atoms with Gasteiger partial charge in [-0.25, -0.2) is 4.98 Å². The summed E-state index contributed by atoms with van der Waals surface area (Å²) < 4.78 is 1.80. The number of hydrogen-bond acceptors (Lipinski definition) is 4. The Morgan fingerprint density at radius 1 is 1.60 bits per heavy atom. The summed E-state index contributed by atoms with van der Waals surface area (Å²) in [5, 5.41) is 2.68. The second-order valence-electron chi connectivity index (χ2n) is 3.54. The minimum Gasteiger partial charge on any atom is -0.318 e. The molecule has 0 aromatic carbocycles. The van der Waals surface area contributed by atoms with E-state index in [0.717, 1.165) is 11.5 Å². The Morgan fingerprint density at radius 3 is 3.20 bits per heavy atom. The van der Waals surface area contributed by atoms with Crippen LogP contribution in [-0.4, -0.2) is 32.9 Å². The van der Waals surface area contributed by atoms with E-state index in [4.69, 9.17) is 0 Å². The molecule has 2 aliphatic heterocycles. The van der Waals surface area contributed by atoms with Crippen molar-refractivity contribution < 1.29 is 4.79 Å². The highest BCUT2D eigenvalue weighted by Gasteiger charge is 2.33. The maximum Gasteiger partial charge on any atom is 0.246 e. The van der Waals surface area contributed by atoms with Gasteiger partial charge < -0.3 is 9.47 Å². The highest BCUT2D eigenvalue weighted by Crippen LogP contribution is 2.31. The van der Waals surface area contributed by atoms with Crippen LogP contribution in [0.5, 0.6) is 0 Å². The minimum atomic E-state index is -0.0669. The molecule has 1 aromatic heterocycles. The zero-order valence-corrected chi connectivity index (χ0v) is 8.19. The monoisotopic (exact) mass is 203 g/mol. The summed E-state index contributed by atoms with van der Waals surface area (Å²) in [5.41, 5.74) is 1.45. The van der Waals surface area contributed by atoms with E-state index in [1.807, 2.05) is 7.05 Å². The standard InChI is InChI=1S/C9H9N5O/c1-5-7-8(13(2)4-10-7)12-9-11-6(15)3-14(5)9/h4H,1,3H2,2H3,(H,11,12,15). The molecule has 6 heteroatoms. The van der Waals surface area contributed by atoms with Crippen molar-refractivity contribution in [3.63, 3.8) is 0 Å². The Hall–Kier alpha value is -2.11. The van der Waals surface area contributed by atoms with E-state index >= 15 is 0 Å². The van der Waals surface area contributed by atoms with Crippen LogP contribution >= 0.6 is 0 Å². The third kappa shape index (κ3) is 0.955. The summed E-state index contributed by atoms with van der Waals surface area (Å²) in [7, 11) is 1.86. The summed E-state index contributed by atoms with van der Waals surface area (Å²) in [5.74, 6) is 1.21.